The summed E-state index contributed by atoms with van der Waals surface area (Å²) < 4.78 is 0. The van der Waals surface area contributed by atoms with Gasteiger partial charge in [-0.3, -0.25) is 0 Å². The molecule has 1 aromatic rings. The molecule has 0 unspecified atom stereocenters. The minimum absolute atomic E-state index is 0.554. The van der Waals surface area contributed by atoms with Gasteiger partial charge in [0.15, 0.2) is 0 Å². The van der Waals surface area contributed by atoms with E-state index in [2.05, 4.69) is 36.7 Å². The second kappa shape index (κ2) is 7.54. The summed E-state index contributed by atoms with van der Waals surface area (Å²) >= 11 is 5.86. The summed E-state index contributed by atoms with van der Waals surface area (Å²) in [5.41, 5.74) is 1.14. The highest BCUT2D eigenvalue weighted by molar-refractivity contribution is 6.17. The monoisotopic (exact) mass is 254 g/mol. The summed E-state index contributed by atoms with van der Waals surface area (Å²) in [7, 11) is 0. The number of aromatic nitrogens is 1. The minimum atomic E-state index is 0.554. The number of alkyl halides is 1. The molecule has 17 heavy (non-hydrogen) atoms. The lowest BCUT2D eigenvalue weighted by Crippen LogP contribution is -2.29. The van der Waals surface area contributed by atoms with Crippen molar-refractivity contribution in [2.24, 2.45) is 5.92 Å². The highest BCUT2D eigenvalue weighted by Gasteiger charge is 2.11. The second-order valence-electron chi connectivity index (χ2n) is 4.38. The fourth-order valence-electron chi connectivity index (χ4n) is 1.96. The van der Waals surface area contributed by atoms with Gasteiger partial charge >= 0.3 is 0 Å². The number of rotatable bonds is 7. The van der Waals surface area contributed by atoms with E-state index < -0.39 is 0 Å². The van der Waals surface area contributed by atoms with E-state index in [1.807, 2.05) is 12.3 Å². The molecule has 0 aliphatic rings. The van der Waals surface area contributed by atoms with Gasteiger partial charge in [-0.2, -0.15) is 0 Å². The molecule has 1 heterocycles. The van der Waals surface area contributed by atoms with Crippen LogP contribution in [-0.4, -0.2) is 18.1 Å². The Morgan fingerprint density at radius 3 is 2.53 bits per heavy atom. The van der Waals surface area contributed by atoms with Crippen LogP contribution in [0, 0.1) is 5.92 Å². The number of pyridine rings is 1. The number of halogens is 1. The molecule has 0 radical (unpaired) electrons. The summed E-state index contributed by atoms with van der Waals surface area (Å²) in [6.07, 6.45) is 4.30. The normalized spacial score (nSPS) is 10.9. The van der Waals surface area contributed by atoms with Crippen molar-refractivity contribution < 1.29 is 0 Å². The largest absolute Gasteiger partial charge is 0.357 e. The van der Waals surface area contributed by atoms with Gasteiger partial charge in [-0.05, 0) is 30.5 Å². The minimum Gasteiger partial charge on any atom is -0.357 e. The highest BCUT2D eigenvalue weighted by atomic mass is 35.5. The molecule has 3 heteroatoms. The van der Waals surface area contributed by atoms with E-state index in [0.717, 1.165) is 30.4 Å². The molecule has 96 valence electrons. The van der Waals surface area contributed by atoms with Crippen molar-refractivity contribution in [2.75, 3.05) is 18.0 Å². The van der Waals surface area contributed by atoms with E-state index in [4.69, 9.17) is 11.6 Å². The first kappa shape index (κ1) is 14.3. The summed E-state index contributed by atoms with van der Waals surface area (Å²) in [6.45, 7) is 8.77. The van der Waals surface area contributed by atoms with Crippen LogP contribution in [0.15, 0.2) is 18.3 Å². The molecule has 1 aromatic heterocycles. The van der Waals surface area contributed by atoms with E-state index in [0.29, 0.717) is 5.88 Å². The van der Waals surface area contributed by atoms with Crippen LogP contribution in [0.2, 0.25) is 0 Å². The van der Waals surface area contributed by atoms with Crippen LogP contribution in [0.1, 0.15) is 39.2 Å². The Balaban J connectivity index is 2.77. The van der Waals surface area contributed by atoms with Crippen LogP contribution in [0.5, 0.6) is 0 Å². The Labute approximate surface area is 110 Å². The molecule has 0 saturated heterocycles. The number of hydrogen-bond donors (Lipinski definition) is 0. The topological polar surface area (TPSA) is 16.1 Å². The van der Waals surface area contributed by atoms with Crippen molar-refractivity contribution in [1.82, 2.24) is 4.98 Å². The van der Waals surface area contributed by atoms with Gasteiger partial charge in [-0.15, -0.1) is 11.6 Å². The van der Waals surface area contributed by atoms with Gasteiger partial charge in [0.1, 0.15) is 5.82 Å². The van der Waals surface area contributed by atoms with Crippen LogP contribution < -0.4 is 4.90 Å². The van der Waals surface area contributed by atoms with E-state index in [1.165, 1.54) is 12.8 Å². The van der Waals surface area contributed by atoms with E-state index in [9.17, 15) is 0 Å². The van der Waals surface area contributed by atoms with Crippen LogP contribution >= 0.6 is 11.6 Å². The molecule has 2 nitrogen and oxygen atoms in total. The Hall–Kier alpha value is -0.760. The molecule has 0 aliphatic carbocycles. The van der Waals surface area contributed by atoms with Crippen LogP contribution in [0.25, 0.3) is 0 Å². The molecule has 0 amide bonds. The smallest absolute Gasteiger partial charge is 0.128 e. The number of nitrogens with zero attached hydrogens (tertiary/aromatic N) is 2. The van der Waals surface area contributed by atoms with Crippen LogP contribution in [0.4, 0.5) is 5.82 Å². The molecule has 0 N–H and O–H groups in total. The third-order valence-electron chi connectivity index (χ3n) is 3.30. The molecule has 0 fully saturated rings. The maximum absolute atomic E-state index is 5.86. The maximum atomic E-state index is 5.86. The fourth-order valence-corrected chi connectivity index (χ4v) is 2.13. The Morgan fingerprint density at radius 2 is 2.00 bits per heavy atom. The van der Waals surface area contributed by atoms with Crippen molar-refractivity contribution in [3.8, 4) is 0 Å². The number of anilines is 1. The van der Waals surface area contributed by atoms with E-state index >= 15 is 0 Å². The summed E-state index contributed by atoms with van der Waals surface area (Å²) in [6, 6.07) is 4.07. The van der Waals surface area contributed by atoms with Gasteiger partial charge in [0.25, 0.3) is 0 Å². The highest BCUT2D eigenvalue weighted by Crippen LogP contribution is 2.18. The lowest BCUT2D eigenvalue weighted by Gasteiger charge is -2.26. The zero-order valence-electron chi connectivity index (χ0n) is 11.1. The SMILES string of the molecule is CCC(CC)CN(CC)c1cc(CCl)ccn1. The molecule has 0 atom stereocenters. The van der Waals surface area contributed by atoms with E-state index in [1.54, 1.807) is 0 Å². The first-order valence-corrected chi connectivity index (χ1v) is 7.04. The molecule has 0 bridgehead atoms. The Bertz CT molecular complexity index is 324. The standard InChI is InChI=1S/C14H23ClN2/c1-4-12(5-2)11-17(6-3)14-9-13(10-15)7-8-16-14/h7-9,12H,4-6,10-11H2,1-3H3. The zero-order chi connectivity index (χ0) is 12.7. The van der Waals surface area contributed by atoms with Gasteiger partial charge in [0.2, 0.25) is 0 Å². The van der Waals surface area contributed by atoms with Crippen LogP contribution in [-0.2, 0) is 5.88 Å². The summed E-state index contributed by atoms with van der Waals surface area (Å²) in [5, 5.41) is 0. The summed E-state index contributed by atoms with van der Waals surface area (Å²) in [4.78, 5) is 6.79. The first-order chi connectivity index (χ1) is 8.24. The van der Waals surface area contributed by atoms with Gasteiger partial charge in [-0.1, -0.05) is 26.7 Å². The van der Waals surface area contributed by atoms with Crippen molar-refractivity contribution in [3.05, 3.63) is 23.9 Å². The molecule has 1 rings (SSSR count). The second-order valence-corrected chi connectivity index (χ2v) is 4.64. The first-order valence-electron chi connectivity index (χ1n) is 6.50. The molecule has 0 aliphatic heterocycles. The van der Waals surface area contributed by atoms with Crippen molar-refractivity contribution in [2.45, 2.75) is 39.5 Å². The average Bonchev–Trinajstić information content (AvgIpc) is 2.40. The molecular weight excluding hydrogens is 232 g/mol. The molecular formula is C14H23ClN2. The lowest BCUT2D eigenvalue weighted by molar-refractivity contribution is 0.484. The van der Waals surface area contributed by atoms with Gasteiger partial charge < -0.3 is 4.90 Å². The van der Waals surface area contributed by atoms with Gasteiger partial charge in [0, 0.05) is 25.2 Å². The maximum Gasteiger partial charge on any atom is 0.128 e. The van der Waals surface area contributed by atoms with Crippen molar-refractivity contribution >= 4 is 17.4 Å². The lowest BCUT2D eigenvalue weighted by atomic mass is 10.0. The number of hydrogen-bond acceptors (Lipinski definition) is 2. The average molecular weight is 255 g/mol. The quantitative estimate of drug-likeness (QED) is 0.682. The van der Waals surface area contributed by atoms with Crippen molar-refractivity contribution in [3.63, 3.8) is 0 Å². The molecule has 0 spiro atoms. The predicted octanol–water partition coefficient (Wildman–Crippen LogP) is 4.08. The zero-order valence-corrected chi connectivity index (χ0v) is 11.9. The summed E-state index contributed by atoms with van der Waals surface area (Å²) in [5.74, 6) is 2.35. The fraction of sp³-hybridized carbons (Fsp3) is 0.643. The third-order valence-corrected chi connectivity index (χ3v) is 3.61. The Kier molecular flexibility index (Phi) is 6.35. The van der Waals surface area contributed by atoms with Gasteiger partial charge in [-0.25, -0.2) is 4.98 Å². The van der Waals surface area contributed by atoms with E-state index in [-0.39, 0.29) is 0 Å². The molecule has 0 saturated carbocycles. The predicted molar refractivity (Wildman–Crippen MR) is 75.8 cm³/mol. The van der Waals surface area contributed by atoms with Gasteiger partial charge in [0.05, 0.1) is 0 Å². The van der Waals surface area contributed by atoms with Crippen molar-refractivity contribution in [1.29, 1.82) is 0 Å². The van der Waals surface area contributed by atoms with Crippen LogP contribution in [0.3, 0.4) is 0 Å². The molecule has 0 aromatic carbocycles. The third kappa shape index (κ3) is 4.19. The Morgan fingerprint density at radius 1 is 1.29 bits per heavy atom.